The molecule has 16 heavy (non-hydrogen) atoms. The molecule has 0 spiro atoms. The molecule has 0 saturated carbocycles. The average molecular weight is 243 g/mol. The summed E-state index contributed by atoms with van der Waals surface area (Å²) in [7, 11) is 1.56. The Labute approximate surface area is 100 Å². The summed E-state index contributed by atoms with van der Waals surface area (Å²) in [5.41, 5.74) is 2.12. The summed E-state index contributed by atoms with van der Waals surface area (Å²) in [6.07, 6.45) is 0. The molecule has 0 saturated heterocycles. The molecule has 0 aliphatic rings. The Hall–Kier alpha value is -1.22. The maximum absolute atomic E-state index is 11.7. The minimum absolute atomic E-state index is 0.336. The van der Waals surface area contributed by atoms with Crippen LogP contribution in [0.4, 0.5) is 0 Å². The van der Waals surface area contributed by atoms with Gasteiger partial charge in [-0.2, -0.15) is 0 Å². The molecule has 0 bridgehead atoms. The molecule has 0 aliphatic heterocycles. The Balaban J connectivity index is 3.20. The van der Waals surface area contributed by atoms with Gasteiger partial charge in [-0.15, -0.1) is 11.6 Å². The molecular formula is C12H15ClO3. The van der Waals surface area contributed by atoms with Crippen molar-refractivity contribution < 1.29 is 14.3 Å². The summed E-state index contributed by atoms with van der Waals surface area (Å²) in [6, 6.07) is 3.56. The van der Waals surface area contributed by atoms with Crippen LogP contribution in [0.1, 0.15) is 28.4 Å². The third kappa shape index (κ3) is 2.67. The third-order valence-electron chi connectivity index (χ3n) is 2.29. The van der Waals surface area contributed by atoms with Gasteiger partial charge in [0.15, 0.2) is 0 Å². The minimum Gasteiger partial charge on any atom is -0.496 e. The van der Waals surface area contributed by atoms with Crippen LogP contribution in [0.5, 0.6) is 5.75 Å². The van der Waals surface area contributed by atoms with Gasteiger partial charge < -0.3 is 9.47 Å². The van der Waals surface area contributed by atoms with Crippen LogP contribution in [-0.2, 0) is 10.6 Å². The Kier molecular flexibility index (Phi) is 4.62. The topological polar surface area (TPSA) is 35.5 Å². The number of carbonyl (C=O) groups excluding carboxylic acids is 1. The lowest BCUT2D eigenvalue weighted by Crippen LogP contribution is -2.08. The fourth-order valence-electron chi connectivity index (χ4n) is 1.45. The van der Waals surface area contributed by atoms with Crippen molar-refractivity contribution in [2.24, 2.45) is 0 Å². The Morgan fingerprint density at radius 2 is 2.12 bits per heavy atom. The van der Waals surface area contributed by atoms with Crippen molar-refractivity contribution in [2.45, 2.75) is 19.7 Å². The van der Waals surface area contributed by atoms with Crippen LogP contribution in [0, 0.1) is 6.92 Å². The molecule has 88 valence electrons. The van der Waals surface area contributed by atoms with E-state index in [2.05, 4.69) is 0 Å². The first-order chi connectivity index (χ1) is 7.63. The van der Waals surface area contributed by atoms with Crippen LogP contribution in [0.2, 0.25) is 0 Å². The summed E-state index contributed by atoms with van der Waals surface area (Å²) in [6.45, 7) is 3.95. The van der Waals surface area contributed by atoms with Crippen molar-refractivity contribution in [1.29, 1.82) is 0 Å². The first-order valence-electron chi connectivity index (χ1n) is 5.04. The zero-order valence-electron chi connectivity index (χ0n) is 9.67. The van der Waals surface area contributed by atoms with Gasteiger partial charge in [-0.05, 0) is 31.5 Å². The molecule has 1 aromatic carbocycles. The predicted molar refractivity (Wildman–Crippen MR) is 63.2 cm³/mol. The summed E-state index contributed by atoms with van der Waals surface area (Å²) in [4.78, 5) is 11.7. The Morgan fingerprint density at radius 3 is 2.62 bits per heavy atom. The van der Waals surface area contributed by atoms with E-state index >= 15 is 0 Å². The summed E-state index contributed by atoms with van der Waals surface area (Å²) in [5, 5.41) is 0. The molecule has 0 atom stereocenters. The van der Waals surface area contributed by atoms with Gasteiger partial charge in [0, 0.05) is 11.4 Å². The van der Waals surface area contributed by atoms with E-state index in [1.54, 1.807) is 20.1 Å². The van der Waals surface area contributed by atoms with Gasteiger partial charge in [-0.3, -0.25) is 0 Å². The molecule has 0 amide bonds. The highest BCUT2D eigenvalue weighted by atomic mass is 35.5. The molecule has 0 radical (unpaired) electrons. The summed E-state index contributed by atoms with van der Waals surface area (Å²) in [5.74, 6) is 0.648. The van der Waals surface area contributed by atoms with E-state index in [0.717, 1.165) is 11.1 Å². The van der Waals surface area contributed by atoms with E-state index in [-0.39, 0.29) is 5.97 Å². The van der Waals surface area contributed by atoms with Crippen molar-refractivity contribution in [3.8, 4) is 5.75 Å². The average Bonchev–Trinajstić information content (AvgIpc) is 2.29. The number of methoxy groups -OCH3 is 1. The normalized spacial score (nSPS) is 10.0. The smallest absolute Gasteiger partial charge is 0.338 e. The van der Waals surface area contributed by atoms with Crippen molar-refractivity contribution in [3.63, 3.8) is 0 Å². The van der Waals surface area contributed by atoms with Crippen molar-refractivity contribution in [2.75, 3.05) is 13.7 Å². The first kappa shape index (κ1) is 12.8. The van der Waals surface area contributed by atoms with E-state index in [1.165, 1.54) is 0 Å². The lowest BCUT2D eigenvalue weighted by molar-refractivity contribution is 0.0525. The van der Waals surface area contributed by atoms with Gasteiger partial charge in [-0.1, -0.05) is 0 Å². The number of esters is 1. The second kappa shape index (κ2) is 5.75. The number of hydrogen-bond donors (Lipinski definition) is 0. The lowest BCUT2D eigenvalue weighted by Gasteiger charge is -2.11. The maximum Gasteiger partial charge on any atom is 0.338 e. The Morgan fingerprint density at radius 1 is 1.44 bits per heavy atom. The van der Waals surface area contributed by atoms with E-state index in [4.69, 9.17) is 21.1 Å². The number of ether oxygens (including phenoxy) is 2. The highest BCUT2D eigenvalue weighted by Gasteiger charge is 2.15. The maximum atomic E-state index is 11.7. The fraction of sp³-hybridized carbons (Fsp3) is 0.417. The molecular weight excluding hydrogens is 228 g/mol. The van der Waals surface area contributed by atoms with Crippen molar-refractivity contribution in [3.05, 3.63) is 28.8 Å². The molecule has 1 rings (SSSR count). The van der Waals surface area contributed by atoms with Crippen LogP contribution in [0.25, 0.3) is 0 Å². The van der Waals surface area contributed by atoms with E-state index in [9.17, 15) is 4.79 Å². The van der Waals surface area contributed by atoms with Gasteiger partial charge >= 0.3 is 5.97 Å². The van der Waals surface area contributed by atoms with Crippen LogP contribution in [0.15, 0.2) is 12.1 Å². The molecule has 0 N–H and O–H groups in total. The van der Waals surface area contributed by atoms with Gasteiger partial charge in [0.1, 0.15) is 5.75 Å². The van der Waals surface area contributed by atoms with Gasteiger partial charge in [0.05, 0.1) is 19.3 Å². The minimum atomic E-state index is -0.342. The van der Waals surface area contributed by atoms with Gasteiger partial charge in [0.2, 0.25) is 0 Å². The highest BCUT2D eigenvalue weighted by molar-refractivity contribution is 6.17. The molecule has 3 nitrogen and oxygen atoms in total. The standard InChI is InChI=1S/C12H15ClO3/c1-4-16-12(14)10-5-9(7-13)6-11(15-3)8(10)2/h5-6H,4,7H2,1-3H3. The monoisotopic (exact) mass is 242 g/mol. The van der Waals surface area contributed by atoms with E-state index in [0.29, 0.717) is 23.8 Å². The van der Waals surface area contributed by atoms with Gasteiger partial charge in [-0.25, -0.2) is 4.79 Å². The number of halogens is 1. The molecule has 4 heteroatoms. The highest BCUT2D eigenvalue weighted by Crippen LogP contribution is 2.25. The van der Waals surface area contributed by atoms with E-state index in [1.807, 2.05) is 13.0 Å². The van der Waals surface area contributed by atoms with Crippen LogP contribution in [0.3, 0.4) is 0 Å². The Bertz CT molecular complexity index is 388. The SMILES string of the molecule is CCOC(=O)c1cc(CCl)cc(OC)c1C. The summed E-state index contributed by atoms with van der Waals surface area (Å²) < 4.78 is 10.2. The summed E-state index contributed by atoms with van der Waals surface area (Å²) >= 11 is 5.75. The predicted octanol–water partition coefficient (Wildman–Crippen LogP) is 2.92. The van der Waals surface area contributed by atoms with Gasteiger partial charge in [0.25, 0.3) is 0 Å². The third-order valence-corrected chi connectivity index (χ3v) is 2.60. The second-order valence-electron chi connectivity index (χ2n) is 3.32. The fourth-order valence-corrected chi connectivity index (χ4v) is 1.61. The molecule has 0 fully saturated rings. The van der Waals surface area contributed by atoms with E-state index < -0.39 is 0 Å². The van der Waals surface area contributed by atoms with Crippen molar-refractivity contribution >= 4 is 17.6 Å². The number of carbonyl (C=O) groups is 1. The molecule has 0 heterocycles. The molecule has 0 aliphatic carbocycles. The van der Waals surface area contributed by atoms with Crippen LogP contribution >= 0.6 is 11.6 Å². The second-order valence-corrected chi connectivity index (χ2v) is 3.59. The van der Waals surface area contributed by atoms with Crippen LogP contribution in [-0.4, -0.2) is 19.7 Å². The lowest BCUT2D eigenvalue weighted by atomic mass is 10.0. The quantitative estimate of drug-likeness (QED) is 0.602. The molecule has 1 aromatic rings. The number of alkyl halides is 1. The largest absolute Gasteiger partial charge is 0.496 e. The number of rotatable bonds is 4. The van der Waals surface area contributed by atoms with Crippen LogP contribution < -0.4 is 4.74 Å². The van der Waals surface area contributed by atoms with Crippen molar-refractivity contribution in [1.82, 2.24) is 0 Å². The number of benzene rings is 1. The zero-order valence-corrected chi connectivity index (χ0v) is 10.4. The molecule has 0 aromatic heterocycles. The zero-order chi connectivity index (χ0) is 12.1. The first-order valence-corrected chi connectivity index (χ1v) is 5.58. The molecule has 0 unspecified atom stereocenters. The number of hydrogen-bond acceptors (Lipinski definition) is 3.